The number of aliphatic hydroxyl groups excluding tert-OH is 2. The number of nitrogens with one attached hydrogen (secondary N) is 1. The van der Waals surface area contributed by atoms with E-state index in [-0.39, 0.29) is 18.1 Å². The molecule has 2 heterocycles. The highest BCUT2D eigenvalue weighted by molar-refractivity contribution is 7.89. The SMILES string of the molecule is Cc1ncc(S(=O)(=O)N2C[C@@H](O)[C@@H](O)C2)[nH]1. The van der Waals surface area contributed by atoms with Crippen LogP contribution in [0.25, 0.3) is 0 Å². The van der Waals surface area contributed by atoms with E-state index in [9.17, 15) is 18.6 Å². The Hall–Kier alpha value is -0.960. The summed E-state index contributed by atoms with van der Waals surface area (Å²) in [5, 5.41) is 18.6. The Morgan fingerprint density at radius 3 is 2.44 bits per heavy atom. The molecule has 0 spiro atoms. The van der Waals surface area contributed by atoms with Crippen LogP contribution in [0.1, 0.15) is 5.82 Å². The Balaban J connectivity index is 2.27. The lowest BCUT2D eigenvalue weighted by atomic mass is 10.3. The number of H-pyrrole nitrogens is 1. The molecule has 1 fully saturated rings. The van der Waals surface area contributed by atoms with Gasteiger partial charge in [0.25, 0.3) is 10.0 Å². The van der Waals surface area contributed by atoms with Crippen LogP contribution >= 0.6 is 0 Å². The molecule has 0 radical (unpaired) electrons. The lowest BCUT2D eigenvalue weighted by Gasteiger charge is -2.13. The number of β-amino-alcohol motifs (C(OH)–C–C–N with tert-alkyl or cyclic N) is 2. The maximum Gasteiger partial charge on any atom is 0.260 e. The highest BCUT2D eigenvalue weighted by atomic mass is 32.2. The van der Waals surface area contributed by atoms with Gasteiger partial charge in [0, 0.05) is 13.1 Å². The Morgan fingerprint density at radius 1 is 1.44 bits per heavy atom. The number of rotatable bonds is 2. The molecule has 0 unspecified atom stereocenters. The molecule has 0 saturated carbocycles. The molecule has 1 aromatic rings. The molecule has 0 amide bonds. The van der Waals surface area contributed by atoms with Crippen LogP contribution in [0.4, 0.5) is 0 Å². The molecule has 2 rings (SSSR count). The van der Waals surface area contributed by atoms with Crippen LogP contribution in [-0.2, 0) is 10.0 Å². The molecule has 2 atom stereocenters. The minimum absolute atomic E-state index is 0.0219. The Kier molecular flexibility index (Phi) is 2.74. The van der Waals surface area contributed by atoms with Crippen LogP contribution in [0.5, 0.6) is 0 Å². The fourth-order valence-electron chi connectivity index (χ4n) is 1.60. The van der Waals surface area contributed by atoms with Gasteiger partial charge in [-0.05, 0) is 6.92 Å². The van der Waals surface area contributed by atoms with Crippen molar-refractivity contribution < 1.29 is 18.6 Å². The summed E-state index contributed by atoms with van der Waals surface area (Å²) in [6, 6.07) is 0. The summed E-state index contributed by atoms with van der Waals surface area (Å²) in [6.07, 6.45) is -0.834. The van der Waals surface area contributed by atoms with Gasteiger partial charge in [0.1, 0.15) is 5.82 Å². The molecule has 1 saturated heterocycles. The molecule has 0 aliphatic carbocycles. The normalized spacial score (nSPS) is 27.4. The van der Waals surface area contributed by atoms with Gasteiger partial charge in [-0.15, -0.1) is 0 Å². The van der Waals surface area contributed by atoms with Gasteiger partial charge in [0.05, 0.1) is 18.4 Å². The van der Waals surface area contributed by atoms with Crippen molar-refractivity contribution >= 4 is 10.0 Å². The van der Waals surface area contributed by atoms with E-state index >= 15 is 0 Å². The molecule has 16 heavy (non-hydrogen) atoms. The van der Waals surface area contributed by atoms with Crippen molar-refractivity contribution in [1.29, 1.82) is 0 Å². The van der Waals surface area contributed by atoms with Gasteiger partial charge in [-0.3, -0.25) is 0 Å². The first-order chi connectivity index (χ1) is 7.41. The van der Waals surface area contributed by atoms with E-state index in [1.165, 1.54) is 6.20 Å². The zero-order valence-corrected chi connectivity index (χ0v) is 9.48. The molecule has 7 nitrogen and oxygen atoms in total. The summed E-state index contributed by atoms with van der Waals surface area (Å²) in [5.74, 6) is 0.499. The summed E-state index contributed by atoms with van der Waals surface area (Å²) in [6.45, 7) is 1.45. The largest absolute Gasteiger partial charge is 0.389 e. The lowest BCUT2D eigenvalue weighted by Crippen LogP contribution is -2.30. The predicted octanol–water partition coefficient (Wildman–Crippen LogP) is -1.56. The second-order valence-electron chi connectivity index (χ2n) is 3.79. The maximum absolute atomic E-state index is 12.0. The van der Waals surface area contributed by atoms with Crippen molar-refractivity contribution in [2.24, 2.45) is 0 Å². The summed E-state index contributed by atoms with van der Waals surface area (Å²) in [4.78, 5) is 6.42. The molecule has 1 aliphatic rings. The second kappa shape index (κ2) is 3.81. The summed E-state index contributed by atoms with van der Waals surface area (Å²) in [5.41, 5.74) is 0. The fraction of sp³-hybridized carbons (Fsp3) is 0.625. The van der Waals surface area contributed by atoms with Crippen LogP contribution in [0.15, 0.2) is 11.2 Å². The molecule has 0 aromatic carbocycles. The number of nitrogens with zero attached hydrogens (tertiary/aromatic N) is 2. The first-order valence-electron chi connectivity index (χ1n) is 4.79. The summed E-state index contributed by atoms with van der Waals surface area (Å²) in [7, 11) is -3.69. The third kappa shape index (κ3) is 1.84. The lowest BCUT2D eigenvalue weighted by molar-refractivity contribution is 0.0572. The standard InChI is InChI=1S/C8H13N3O4S/c1-5-9-2-8(10-5)16(14,15)11-3-6(12)7(13)4-11/h2,6-7,12-13H,3-4H2,1H3,(H,9,10)/t6-,7+. The van der Waals surface area contributed by atoms with Crippen molar-refractivity contribution in [3.63, 3.8) is 0 Å². The average Bonchev–Trinajstić information content (AvgIpc) is 2.75. The highest BCUT2D eigenvalue weighted by Gasteiger charge is 2.38. The quantitative estimate of drug-likeness (QED) is 0.586. The summed E-state index contributed by atoms with van der Waals surface area (Å²) < 4.78 is 25.0. The van der Waals surface area contributed by atoms with Crippen molar-refractivity contribution in [1.82, 2.24) is 14.3 Å². The molecule has 1 aromatic heterocycles. The van der Waals surface area contributed by atoms with Gasteiger partial charge in [-0.2, -0.15) is 4.31 Å². The zero-order valence-electron chi connectivity index (χ0n) is 8.66. The van der Waals surface area contributed by atoms with Gasteiger partial charge in [0.2, 0.25) is 0 Å². The average molecular weight is 247 g/mol. The number of aliphatic hydroxyl groups is 2. The number of aromatic nitrogens is 2. The Bertz CT molecular complexity index is 473. The molecule has 3 N–H and O–H groups in total. The van der Waals surface area contributed by atoms with E-state index < -0.39 is 22.2 Å². The van der Waals surface area contributed by atoms with Gasteiger partial charge >= 0.3 is 0 Å². The number of hydrogen-bond donors (Lipinski definition) is 3. The molecule has 90 valence electrons. The number of sulfonamides is 1. The molecule has 0 bridgehead atoms. The fourth-order valence-corrected chi connectivity index (χ4v) is 3.04. The van der Waals surface area contributed by atoms with Crippen LogP contribution in [0.3, 0.4) is 0 Å². The van der Waals surface area contributed by atoms with E-state index in [1.54, 1.807) is 6.92 Å². The van der Waals surface area contributed by atoms with Crippen LogP contribution in [0, 0.1) is 6.92 Å². The van der Waals surface area contributed by atoms with Gasteiger partial charge in [-0.1, -0.05) is 0 Å². The van der Waals surface area contributed by atoms with Gasteiger partial charge in [0.15, 0.2) is 5.03 Å². The first-order valence-corrected chi connectivity index (χ1v) is 6.23. The van der Waals surface area contributed by atoms with Crippen LogP contribution < -0.4 is 0 Å². The monoisotopic (exact) mass is 247 g/mol. The first kappa shape index (κ1) is 11.5. The molecular formula is C8H13N3O4S. The topological polar surface area (TPSA) is 107 Å². The van der Waals surface area contributed by atoms with Crippen molar-refractivity contribution in [2.75, 3.05) is 13.1 Å². The molecule has 8 heteroatoms. The van der Waals surface area contributed by atoms with Gasteiger partial charge in [-0.25, -0.2) is 13.4 Å². The predicted molar refractivity (Wildman–Crippen MR) is 54.1 cm³/mol. The zero-order chi connectivity index (χ0) is 11.9. The van der Waals surface area contributed by atoms with E-state index in [2.05, 4.69) is 9.97 Å². The van der Waals surface area contributed by atoms with Crippen molar-refractivity contribution in [3.8, 4) is 0 Å². The van der Waals surface area contributed by atoms with Crippen molar-refractivity contribution in [2.45, 2.75) is 24.2 Å². The smallest absolute Gasteiger partial charge is 0.260 e. The van der Waals surface area contributed by atoms with E-state index in [0.717, 1.165) is 4.31 Å². The number of imidazole rings is 1. The highest BCUT2D eigenvalue weighted by Crippen LogP contribution is 2.19. The Morgan fingerprint density at radius 2 is 2.00 bits per heavy atom. The van der Waals surface area contributed by atoms with Crippen molar-refractivity contribution in [3.05, 3.63) is 12.0 Å². The number of aryl methyl sites for hydroxylation is 1. The molecule has 1 aliphatic heterocycles. The number of hydrogen-bond acceptors (Lipinski definition) is 5. The van der Waals surface area contributed by atoms with Crippen LogP contribution in [-0.4, -0.2) is 58.2 Å². The Labute approximate surface area is 92.8 Å². The number of aromatic amines is 1. The van der Waals surface area contributed by atoms with E-state index in [0.29, 0.717) is 5.82 Å². The van der Waals surface area contributed by atoms with Gasteiger partial charge < -0.3 is 15.2 Å². The molecular weight excluding hydrogens is 234 g/mol. The minimum Gasteiger partial charge on any atom is -0.389 e. The van der Waals surface area contributed by atoms with Crippen LogP contribution in [0.2, 0.25) is 0 Å². The van der Waals surface area contributed by atoms with E-state index in [1.807, 2.05) is 0 Å². The second-order valence-corrected chi connectivity index (χ2v) is 5.70. The minimum atomic E-state index is -3.69. The maximum atomic E-state index is 12.0. The summed E-state index contributed by atoms with van der Waals surface area (Å²) >= 11 is 0. The third-order valence-corrected chi connectivity index (χ3v) is 4.26. The van der Waals surface area contributed by atoms with E-state index in [4.69, 9.17) is 0 Å². The third-order valence-electron chi connectivity index (χ3n) is 2.52.